The Morgan fingerprint density at radius 1 is 1.29 bits per heavy atom. The molecule has 2 nitrogen and oxygen atoms in total. The largest absolute Gasteiger partial charge is 0.329 e. The molecule has 1 heterocycles. The highest BCUT2D eigenvalue weighted by atomic mass is 35.5. The molecule has 6 heteroatoms. The summed E-state index contributed by atoms with van der Waals surface area (Å²) >= 11 is 11.2. The smallest absolute Gasteiger partial charge is 0.267 e. The zero-order chi connectivity index (χ0) is 10.3. The number of H-pyrrole nitrogens is 1. The van der Waals surface area contributed by atoms with Crippen LogP contribution in [0.5, 0.6) is 0 Å². The molecule has 1 N–H and O–H groups in total. The number of nitrogens with one attached hydrogen (secondary N) is 1. The number of aromatic nitrogens is 2. The fourth-order valence-electron chi connectivity index (χ4n) is 1.25. The summed E-state index contributed by atoms with van der Waals surface area (Å²) in [5.74, 6) is 0. The third kappa shape index (κ3) is 1.44. The second-order valence-corrected chi connectivity index (χ2v) is 3.45. The van der Waals surface area contributed by atoms with Crippen molar-refractivity contribution < 1.29 is 8.78 Å². The summed E-state index contributed by atoms with van der Waals surface area (Å²) in [6.07, 6.45) is -2.66. The second kappa shape index (κ2) is 3.37. The first-order valence-corrected chi connectivity index (χ1v) is 4.47. The van der Waals surface area contributed by atoms with Crippen molar-refractivity contribution in [2.75, 3.05) is 0 Å². The van der Waals surface area contributed by atoms with E-state index in [1.54, 1.807) is 6.07 Å². The lowest BCUT2D eigenvalue weighted by atomic mass is 10.2. The number of fused-ring (bicyclic) bond motifs is 1. The van der Waals surface area contributed by atoms with E-state index < -0.39 is 6.43 Å². The highest BCUT2D eigenvalue weighted by Crippen LogP contribution is 2.33. The van der Waals surface area contributed by atoms with Gasteiger partial charge in [0, 0.05) is 0 Å². The standard InChI is InChI=1S/C8H4Cl2F2N2/c9-3-1-2-4-6(5(3)7(11)12)14-8(10)13-4/h1-2,7H,(H,13,14). The lowest BCUT2D eigenvalue weighted by molar-refractivity contribution is 0.153. The van der Waals surface area contributed by atoms with Crippen molar-refractivity contribution in [3.63, 3.8) is 0 Å². The summed E-state index contributed by atoms with van der Waals surface area (Å²) in [7, 11) is 0. The molecule has 1 aromatic heterocycles. The first-order chi connectivity index (χ1) is 6.59. The van der Waals surface area contributed by atoms with Crippen LogP contribution in [0.4, 0.5) is 8.78 Å². The molecule has 0 aliphatic carbocycles. The Balaban J connectivity index is 2.82. The number of rotatable bonds is 1. The van der Waals surface area contributed by atoms with Crippen LogP contribution in [0.1, 0.15) is 12.0 Å². The van der Waals surface area contributed by atoms with Crippen LogP contribution in [0.2, 0.25) is 10.3 Å². The molecule has 0 amide bonds. The minimum atomic E-state index is -2.66. The number of nitrogens with zero attached hydrogens (tertiary/aromatic N) is 1. The van der Waals surface area contributed by atoms with Crippen molar-refractivity contribution in [1.29, 1.82) is 0 Å². The van der Waals surface area contributed by atoms with Crippen LogP contribution >= 0.6 is 23.2 Å². The zero-order valence-electron chi connectivity index (χ0n) is 6.69. The highest BCUT2D eigenvalue weighted by Gasteiger charge is 2.18. The van der Waals surface area contributed by atoms with Crippen LogP contribution in [0.25, 0.3) is 11.0 Å². The Kier molecular flexibility index (Phi) is 2.33. The molecule has 0 atom stereocenters. The van der Waals surface area contributed by atoms with Gasteiger partial charge in [-0.05, 0) is 23.7 Å². The Morgan fingerprint density at radius 2 is 2.00 bits per heavy atom. The normalized spacial score (nSPS) is 11.5. The first kappa shape index (κ1) is 9.68. The van der Waals surface area contributed by atoms with Crippen LogP contribution in [0, 0.1) is 0 Å². The van der Waals surface area contributed by atoms with Crippen LogP contribution in [-0.4, -0.2) is 9.97 Å². The SMILES string of the molecule is FC(F)c1c(Cl)ccc2[nH]c(Cl)nc12. The summed E-state index contributed by atoms with van der Waals surface area (Å²) in [6, 6.07) is 2.95. The Morgan fingerprint density at radius 3 is 2.64 bits per heavy atom. The number of benzene rings is 1. The number of halogens is 4. The molecule has 0 fully saturated rings. The molecule has 0 radical (unpaired) electrons. The topological polar surface area (TPSA) is 28.7 Å². The zero-order valence-corrected chi connectivity index (χ0v) is 8.20. The minimum Gasteiger partial charge on any atom is -0.329 e. The third-order valence-electron chi connectivity index (χ3n) is 1.83. The van der Waals surface area contributed by atoms with E-state index in [0.717, 1.165) is 0 Å². The fraction of sp³-hybridized carbons (Fsp3) is 0.125. The van der Waals surface area contributed by atoms with Gasteiger partial charge in [0.2, 0.25) is 5.28 Å². The molecule has 1 aromatic carbocycles. The maximum Gasteiger partial charge on any atom is 0.267 e. The molecule has 2 aromatic rings. The van der Waals surface area contributed by atoms with Crippen LogP contribution in [-0.2, 0) is 0 Å². The third-order valence-corrected chi connectivity index (χ3v) is 2.34. The van der Waals surface area contributed by atoms with E-state index in [2.05, 4.69) is 9.97 Å². The van der Waals surface area contributed by atoms with E-state index in [4.69, 9.17) is 23.2 Å². The quantitative estimate of drug-likeness (QED) is 0.802. The molecule has 2 rings (SSSR count). The molecular formula is C8H4Cl2F2N2. The number of alkyl halides is 2. The molecule has 0 aliphatic heterocycles. The van der Waals surface area contributed by atoms with E-state index in [1.165, 1.54) is 6.07 Å². The van der Waals surface area contributed by atoms with Gasteiger partial charge >= 0.3 is 0 Å². The number of aromatic amines is 1. The van der Waals surface area contributed by atoms with Gasteiger partial charge < -0.3 is 4.98 Å². The van der Waals surface area contributed by atoms with E-state index >= 15 is 0 Å². The maximum absolute atomic E-state index is 12.6. The van der Waals surface area contributed by atoms with Gasteiger partial charge in [0.15, 0.2) is 0 Å². The predicted molar refractivity (Wildman–Crippen MR) is 51.1 cm³/mol. The lowest BCUT2D eigenvalue weighted by Gasteiger charge is -2.02. The van der Waals surface area contributed by atoms with E-state index in [1.807, 2.05) is 0 Å². The van der Waals surface area contributed by atoms with Gasteiger partial charge in [-0.3, -0.25) is 0 Å². The van der Waals surface area contributed by atoms with Gasteiger partial charge in [0.1, 0.15) is 5.52 Å². The molecular weight excluding hydrogens is 233 g/mol. The maximum atomic E-state index is 12.6. The van der Waals surface area contributed by atoms with Gasteiger partial charge in [-0.15, -0.1) is 0 Å². The van der Waals surface area contributed by atoms with Crippen LogP contribution < -0.4 is 0 Å². The van der Waals surface area contributed by atoms with Crippen molar-refractivity contribution in [2.24, 2.45) is 0 Å². The van der Waals surface area contributed by atoms with Crippen molar-refractivity contribution in [2.45, 2.75) is 6.43 Å². The van der Waals surface area contributed by atoms with Gasteiger partial charge in [-0.25, -0.2) is 13.8 Å². The van der Waals surface area contributed by atoms with E-state index in [0.29, 0.717) is 5.52 Å². The summed E-state index contributed by atoms with van der Waals surface area (Å²) in [5.41, 5.74) is 0.291. The van der Waals surface area contributed by atoms with E-state index in [9.17, 15) is 8.78 Å². The molecule has 74 valence electrons. The average Bonchev–Trinajstić information content (AvgIpc) is 2.43. The molecule has 0 aliphatic rings. The van der Waals surface area contributed by atoms with Gasteiger partial charge in [0.25, 0.3) is 6.43 Å². The average molecular weight is 237 g/mol. The highest BCUT2D eigenvalue weighted by molar-refractivity contribution is 6.32. The monoisotopic (exact) mass is 236 g/mol. The van der Waals surface area contributed by atoms with Crippen molar-refractivity contribution in [1.82, 2.24) is 9.97 Å². The molecule has 14 heavy (non-hydrogen) atoms. The van der Waals surface area contributed by atoms with Gasteiger partial charge in [-0.2, -0.15) is 0 Å². The predicted octanol–water partition coefficient (Wildman–Crippen LogP) is 3.81. The van der Waals surface area contributed by atoms with Gasteiger partial charge in [0.05, 0.1) is 16.1 Å². The molecule has 0 saturated heterocycles. The molecule has 0 spiro atoms. The fourth-order valence-corrected chi connectivity index (χ4v) is 1.67. The number of hydrogen-bond donors (Lipinski definition) is 1. The summed E-state index contributed by atoms with van der Waals surface area (Å²) in [4.78, 5) is 6.38. The lowest BCUT2D eigenvalue weighted by Crippen LogP contribution is -1.88. The van der Waals surface area contributed by atoms with Crippen LogP contribution in [0.3, 0.4) is 0 Å². The van der Waals surface area contributed by atoms with Crippen molar-refractivity contribution in [3.05, 3.63) is 28.0 Å². The summed E-state index contributed by atoms with van der Waals surface area (Å²) < 4.78 is 25.2. The molecule has 0 unspecified atom stereocenters. The minimum absolute atomic E-state index is 0.00401. The van der Waals surface area contributed by atoms with Gasteiger partial charge in [-0.1, -0.05) is 11.6 Å². The Bertz CT molecular complexity index is 481. The van der Waals surface area contributed by atoms with Crippen molar-refractivity contribution >= 4 is 34.2 Å². The van der Waals surface area contributed by atoms with Crippen molar-refractivity contribution in [3.8, 4) is 0 Å². The molecule has 0 bridgehead atoms. The Labute approximate surface area is 87.8 Å². The number of imidazole rings is 1. The first-order valence-electron chi connectivity index (χ1n) is 3.71. The van der Waals surface area contributed by atoms with E-state index in [-0.39, 0.29) is 21.4 Å². The molecule has 0 saturated carbocycles. The Hall–Kier alpha value is -0.870. The second-order valence-electron chi connectivity index (χ2n) is 2.69. The van der Waals surface area contributed by atoms with Crippen LogP contribution in [0.15, 0.2) is 12.1 Å². The summed E-state index contributed by atoms with van der Waals surface area (Å²) in [5, 5.41) is 0.0693. The summed E-state index contributed by atoms with van der Waals surface area (Å²) in [6.45, 7) is 0. The number of hydrogen-bond acceptors (Lipinski definition) is 1.